The van der Waals surface area contributed by atoms with Crippen LogP contribution in [0.15, 0.2) is 17.3 Å². The van der Waals surface area contributed by atoms with E-state index in [-0.39, 0.29) is 0 Å². The molecule has 0 aromatic rings. The number of rotatable bonds is 2. The second kappa shape index (κ2) is 4.45. The van der Waals surface area contributed by atoms with Crippen LogP contribution >= 0.6 is 0 Å². The maximum atomic E-state index is 8.42. The predicted octanol–water partition coefficient (Wildman–Crippen LogP) is 0.785. The molecule has 0 rings (SSSR count). The van der Waals surface area contributed by atoms with Gasteiger partial charge in [0.05, 0.1) is 0 Å². The molecule has 0 aromatic carbocycles. The Bertz CT molecular complexity index is 217. The molecule has 0 aliphatic heterocycles. The van der Waals surface area contributed by atoms with Gasteiger partial charge in [-0.15, -0.1) is 0 Å². The fraction of sp³-hybridized carbons (Fsp3) is 0.286. The average molecular weight is 136 g/mol. The van der Waals surface area contributed by atoms with E-state index >= 15 is 0 Å². The molecule has 0 atom stereocenters. The molecule has 10 heavy (non-hydrogen) atoms. The van der Waals surface area contributed by atoms with E-state index in [4.69, 9.17) is 5.26 Å². The van der Waals surface area contributed by atoms with Gasteiger partial charge in [0.2, 0.25) is 5.71 Å². The summed E-state index contributed by atoms with van der Waals surface area (Å²) in [6.45, 7) is 5.30. The summed E-state index contributed by atoms with van der Waals surface area (Å²) in [7, 11) is 1.67. The van der Waals surface area contributed by atoms with Crippen LogP contribution in [0.2, 0.25) is 0 Å². The zero-order chi connectivity index (χ0) is 7.98. The minimum absolute atomic E-state index is 0.361. The van der Waals surface area contributed by atoms with E-state index in [2.05, 4.69) is 11.8 Å². The van der Waals surface area contributed by atoms with Crippen molar-refractivity contribution in [3.63, 3.8) is 0 Å². The average Bonchev–Trinajstić information content (AvgIpc) is 1.86. The fourth-order valence-electron chi connectivity index (χ4n) is 0.435. The van der Waals surface area contributed by atoms with Crippen LogP contribution in [-0.4, -0.2) is 24.2 Å². The molecule has 0 aliphatic rings. The lowest BCUT2D eigenvalue weighted by atomic mass is 10.4. The van der Waals surface area contributed by atoms with Crippen molar-refractivity contribution in [2.45, 2.75) is 6.92 Å². The first-order valence-corrected chi connectivity index (χ1v) is 2.86. The largest absolute Gasteiger partial charge is 0.207 e. The third-order valence-electron chi connectivity index (χ3n) is 0.718. The van der Waals surface area contributed by atoms with Gasteiger partial charge < -0.3 is 0 Å². The highest BCUT2D eigenvalue weighted by Crippen LogP contribution is 1.79. The summed E-state index contributed by atoms with van der Waals surface area (Å²) in [5.74, 6) is 0. The first-order valence-electron chi connectivity index (χ1n) is 2.86. The Morgan fingerprint density at radius 3 is 2.70 bits per heavy atom. The van der Waals surface area contributed by atoms with Crippen molar-refractivity contribution in [3.05, 3.63) is 12.2 Å². The Balaban J connectivity index is 4.38. The lowest BCUT2D eigenvalue weighted by molar-refractivity contribution is -0.493. The third kappa shape index (κ3) is 3.56. The molecule has 0 aliphatic carbocycles. The van der Waals surface area contributed by atoms with Crippen molar-refractivity contribution >= 4 is 12.4 Å². The van der Waals surface area contributed by atoms with Gasteiger partial charge in [-0.2, -0.15) is 5.26 Å². The van der Waals surface area contributed by atoms with E-state index in [9.17, 15) is 0 Å². The molecule has 0 amide bonds. The van der Waals surface area contributed by atoms with Gasteiger partial charge in [0.15, 0.2) is 13.8 Å². The molecule has 0 fully saturated rings. The van der Waals surface area contributed by atoms with Crippen LogP contribution in [-0.2, 0) is 0 Å². The van der Waals surface area contributed by atoms with Crippen LogP contribution in [0.5, 0.6) is 0 Å². The van der Waals surface area contributed by atoms with Crippen LogP contribution < -0.4 is 0 Å². The molecule has 0 saturated carbocycles. The molecule has 3 nitrogen and oxygen atoms in total. The van der Waals surface area contributed by atoms with Crippen molar-refractivity contribution in [2.24, 2.45) is 5.10 Å². The summed E-state index contributed by atoms with van der Waals surface area (Å²) in [5.41, 5.74) is 0.361. The van der Waals surface area contributed by atoms with Crippen LogP contribution in [0.25, 0.3) is 0 Å². The van der Waals surface area contributed by atoms with Gasteiger partial charge in [-0.25, -0.2) is 0 Å². The normalized spacial score (nSPS) is 11.5. The van der Waals surface area contributed by atoms with Crippen LogP contribution in [0.3, 0.4) is 0 Å². The van der Waals surface area contributed by atoms with Gasteiger partial charge in [-0.3, -0.25) is 0 Å². The summed E-state index contributed by atoms with van der Waals surface area (Å²) in [4.78, 5) is 0. The minimum atomic E-state index is 0.361. The van der Waals surface area contributed by atoms with Crippen molar-refractivity contribution in [1.29, 1.82) is 5.26 Å². The van der Waals surface area contributed by atoms with Gasteiger partial charge in [0.25, 0.3) is 0 Å². The third-order valence-corrected chi connectivity index (χ3v) is 0.718. The second-order valence-electron chi connectivity index (χ2n) is 1.75. The Kier molecular flexibility index (Phi) is 3.81. The molecule has 0 bridgehead atoms. The lowest BCUT2D eigenvalue weighted by Gasteiger charge is -1.80. The Labute approximate surface area is 60.6 Å². The highest BCUT2D eigenvalue weighted by Gasteiger charge is 1.92. The van der Waals surface area contributed by atoms with E-state index < -0.39 is 0 Å². The van der Waals surface area contributed by atoms with Crippen molar-refractivity contribution in [1.82, 2.24) is 0 Å². The minimum Gasteiger partial charge on any atom is -0.190 e. The molecule has 0 saturated heterocycles. The number of hydrogen-bond donors (Lipinski definition) is 0. The predicted molar refractivity (Wildman–Crippen MR) is 41.2 cm³/mol. The quantitative estimate of drug-likeness (QED) is 0.314. The van der Waals surface area contributed by atoms with Gasteiger partial charge in [-0.1, -0.05) is 10.8 Å². The first kappa shape index (κ1) is 8.57. The molecule has 0 radical (unpaired) electrons. The van der Waals surface area contributed by atoms with E-state index in [1.165, 1.54) is 4.68 Å². The van der Waals surface area contributed by atoms with Crippen molar-refractivity contribution in [2.75, 3.05) is 7.05 Å². The second-order valence-corrected chi connectivity index (χ2v) is 1.75. The van der Waals surface area contributed by atoms with Gasteiger partial charge in [0, 0.05) is 5.10 Å². The molecule has 3 heteroatoms. The van der Waals surface area contributed by atoms with E-state index in [0.29, 0.717) is 5.71 Å². The van der Waals surface area contributed by atoms with Gasteiger partial charge >= 0.3 is 0 Å². The molecule has 52 valence electrons. The SMILES string of the molecule is C=[N+](C)N=C(C#N)C=CC. The summed E-state index contributed by atoms with van der Waals surface area (Å²) in [6.07, 6.45) is 3.38. The summed E-state index contributed by atoms with van der Waals surface area (Å²) in [6, 6.07) is 1.92. The maximum absolute atomic E-state index is 8.42. The van der Waals surface area contributed by atoms with E-state index in [1.807, 2.05) is 13.0 Å². The number of nitrogens with zero attached hydrogens (tertiary/aromatic N) is 3. The molecular formula is C7H10N3+. The Hall–Kier alpha value is -1.43. The lowest BCUT2D eigenvalue weighted by Crippen LogP contribution is -1.97. The number of hydrogen-bond acceptors (Lipinski definition) is 2. The highest BCUT2D eigenvalue weighted by atomic mass is 15.3. The Morgan fingerprint density at radius 2 is 2.40 bits per heavy atom. The molecule has 0 spiro atoms. The number of hydrazone groups is 1. The van der Waals surface area contributed by atoms with Gasteiger partial charge in [0.1, 0.15) is 6.07 Å². The van der Waals surface area contributed by atoms with Crippen molar-refractivity contribution in [3.8, 4) is 6.07 Å². The monoisotopic (exact) mass is 136 g/mol. The summed E-state index contributed by atoms with van der Waals surface area (Å²) >= 11 is 0. The van der Waals surface area contributed by atoms with Crippen LogP contribution in [0.1, 0.15) is 6.92 Å². The van der Waals surface area contributed by atoms with Crippen LogP contribution in [0.4, 0.5) is 0 Å². The van der Waals surface area contributed by atoms with Crippen molar-refractivity contribution < 1.29 is 4.68 Å². The number of nitriles is 1. The zero-order valence-corrected chi connectivity index (χ0v) is 6.20. The van der Waals surface area contributed by atoms with Crippen LogP contribution in [0, 0.1) is 11.3 Å². The molecule has 0 aromatic heterocycles. The zero-order valence-electron chi connectivity index (χ0n) is 6.20. The summed E-state index contributed by atoms with van der Waals surface area (Å²) < 4.78 is 1.35. The smallest absolute Gasteiger partial charge is 0.190 e. The molecular weight excluding hydrogens is 126 g/mol. The van der Waals surface area contributed by atoms with E-state index in [1.54, 1.807) is 19.2 Å². The van der Waals surface area contributed by atoms with E-state index in [0.717, 1.165) is 0 Å². The molecule has 0 unspecified atom stereocenters. The molecule has 0 heterocycles. The molecule has 0 N–H and O–H groups in total. The van der Waals surface area contributed by atoms with Gasteiger partial charge in [-0.05, 0) is 13.0 Å². The maximum Gasteiger partial charge on any atom is 0.207 e. The standard InChI is InChI=1S/C7H10N3/c1-4-5-7(6-8)9-10(2)3/h4-5H,2H2,1,3H3/q+1. The fourth-order valence-corrected chi connectivity index (χ4v) is 0.435. The number of allylic oxidation sites excluding steroid dienone is 2. The first-order chi connectivity index (χ1) is 4.70. The summed E-state index contributed by atoms with van der Waals surface area (Å²) in [5, 5.41) is 12.2. The highest BCUT2D eigenvalue weighted by molar-refractivity contribution is 6.06. The topological polar surface area (TPSA) is 39.2 Å². The Morgan fingerprint density at radius 1 is 1.80 bits per heavy atom.